The first kappa shape index (κ1) is 14.5. The van der Waals surface area contributed by atoms with E-state index in [0.717, 1.165) is 11.0 Å². The predicted octanol–water partition coefficient (Wildman–Crippen LogP) is 1.56. The van der Waals surface area contributed by atoms with Crippen LogP contribution in [0.1, 0.15) is 0 Å². The minimum absolute atomic E-state index is 0.0573. The minimum Gasteiger partial charge on any atom is -0.351 e. The second kappa shape index (κ2) is 6.14. The van der Waals surface area contributed by atoms with Crippen LogP contribution in [0.15, 0.2) is 48.5 Å². The number of nitrogens with two attached hydrogens (primary N) is 1. The number of nitrogens with zero attached hydrogens (tertiary/aromatic N) is 3. The van der Waals surface area contributed by atoms with Gasteiger partial charge < -0.3 is 16.4 Å². The van der Waals surface area contributed by atoms with Crippen LogP contribution in [0.5, 0.6) is 0 Å². The lowest BCUT2D eigenvalue weighted by atomic mass is 10.2. The largest absolute Gasteiger partial charge is 0.351 e. The molecule has 2 aromatic carbocycles. The second-order valence-electron chi connectivity index (χ2n) is 4.85. The number of aromatic nitrogens is 3. The van der Waals surface area contributed by atoms with Crippen LogP contribution in [-0.2, 0) is 11.3 Å². The van der Waals surface area contributed by atoms with E-state index in [2.05, 4.69) is 20.9 Å². The normalized spacial score (nSPS) is 10.4. The third kappa shape index (κ3) is 3.43. The number of carbonyl (C=O) groups excluding carboxylic acids is 2. The summed E-state index contributed by atoms with van der Waals surface area (Å²) in [5.74, 6) is -0.226. The molecule has 0 saturated carbocycles. The summed E-state index contributed by atoms with van der Waals surface area (Å²) in [6.45, 7) is 0.0573. The summed E-state index contributed by atoms with van der Waals surface area (Å²) < 4.78 is 1.54. The lowest BCUT2D eigenvalue weighted by molar-refractivity contribution is -0.116. The van der Waals surface area contributed by atoms with Gasteiger partial charge >= 0.3 is 6.03 Å². The third-order valence-electron chi connectivity index (χ3n) is 3.15. The Kier molecular flexibility index (Phi) is 3.88. The summed E-state index contributed by atoms with van der Waals surface area (Å²) in [4.78, 5) is 22.8. The first-order valence-electron chi connectivity index (χ1n) is 6.86. The standard InChI is InChI=1S/C15H14N6O2/c16-15(23)18-11-7-5-10(6-8-11)17-14(22)9-21-13-4-2-1-3-12(13)19-20-21/h1-8H,9H2,(H,17,22)(H3,16,18,23). The maximum absolute atomic E-state index is 12.1. The maximum Gasteiger partial charge on any atom is 0.316 e. The zero-order valence-electron chi connectivity index (χ0n) is 12.1. The van der Waals surface area contributed by atoms with Crippen molar-refractivity contribution >= 4 is 34.3 Å². The molecular formula is C15H14N6O2. The van der Waals surface area contributed by atoms with Crippen molar-refractivity contribution in [1.82, 2.24) is 15.0 Å². The number of hydrogen-bond acceptors (Lipinski definition) is 4. The van der Waals surface area contributed by atoms with Gasteiger partial charge in [0.05, 0.1) is 5.52 Å². The number of anilines is 2. The fourth-order valence-electron chi connectivity index (χ4n) is 2.15. The van der Waals surface area contributed by atoms with Crippen molar-refractivity contribution in [3.05, 3.63) is 48.5 Å². The van der Waals surface area contributed by atoms with E-state index < -0.39 is 6.03 Å². The van der Waals surface area contributed by atoms with Crippen molar-refractivity contribution in [2.45, 2.75) is 6.54 Å². The summed E-state index contributed by atoms with van der Waals surface area (Å²) in [5.41, 5.74) is 7.72. The molecule has 8 heteroatoms. The molecule has 23 heavy (non-hydrogen) atoms. The van der Waals surface area contributed by atoms with Gasteiger partial charge in [-0.3, -0.25) is 4.79 Å². The summed E-state index contributed by atoms with van der Waals surface area (Å²) in [6.07, 6.45) is 0. The van der Waals surface area contributed by atoms with E-state index >= 15 is 0 Å². The van der Waals surface area contributed by atoms with E-state index in [-0.39, 0.29) is 12.5 Å². The van der Waals surface area contributed by atoms with Gasteiger partial charge in [0.15, 0.2) is 0 Å². The molecule has 3 aromatic rings. The molecule has 0 radical (unpaired) electrons. The number of urea groups is 1. The van der Waals surface area contributed by atoms with Crippen molar-refractivity contribution in [3.8, 4) is 0 Å². The summed E-state index contributed by atoms with van der Waals surface area (Å²) in [6, 6.07) is 13.4. The van der Waals surface area contributed by atoms with Crippen LogP contribution in [0, 0.1) is 0 Å². The Morgan fingerprint density at radius 3 is 2.35 bits per heavy atom. The Labute approximate surface area is 131 Å². The molecule has 0 aliphatic heterocycles. The highest BCUT2D eigenvalue weighted by Gasteiger charge is 2.08. The van der Waals surface area contributed by atoms with Gasteiger partial charge in [0.1, 0.15) is 12.1 Å². The third-order valence-corrected chi connectivity index (χ3v) is 3.15. The molecule has 3 rings (SSSR count). The lowest BCUT2D eigenvalue weighted by Crippen LogP contribution is -2.20. The molecule has 0 unspecified atom stereocenters. The monoisotopic (exact) mass is 310 g/mol. The van der Waals surface area contributed by atoms with Crippen molar-refractivity contribution in [3.63, 3.8) is 0 Å². The SMILES string of the molecule is NC(=O)Nc1ccc(NC(=O)Cn2nnc3ccccc32)cc1. The van der Waals surface area contributed by atoms with Gasteiger partial charge in [-0.15, -0.1) is 5.10 Å². The highest BCUT2D eigenvalue weighted by Crippen LogP contribution is 2.14. The zero-order chi connectivity index (χ0) is 16.2. The molecule has 0 spiro atoms. The fourth-order valence-corrected chi connectivity index (χ4v) is 2.15. The zero-order valence-corrected chi connectivity index (χ0v) is 12.1. The van der Waals surface area contributed by atoms with Crippen LogP contribution in [0.4, 0.5) is 16.2 Å². The smallest absolute Gasteiger partial charge is 0.316 e. The molecule has 0 fully saturated rings. The summed E-state index contributed by atoms with van der Waals surface area (Å²) in [5, 5.41) is 13.2. The average molecular weight is 310 g/mol. The number of carbonyl (C=O) groups is 2. The van der Waals surface area contributed by atoms with E-state index in [1.165, 1.54) is 4.68 Å². The Morgan fingerprint density at radius 1 is 1.00 bits per heavy atom. The number of amides is 3. The first-order chi connectivity index (χ1) is 11.1. The highest BCUT2D eigenvalue weighted by atomic mass is 16.2. The predicted molar refractivity (Wildman–Crippen MR) is 85.8 cm³/mol. The van der Waals surface area contributed by atoms with Gasteiger partial charge in [0.25, 0.3) is 0 Å². The van der Waals surface area contributed by atoms with Crippen LogP contribution in [0.25, 0.3) is 11.0 Å². The van der Waals surface area contributed by atoms with Gasteiger partial charge in [-0.1, -0.05) is 17.3 Å². The highest BCUT2D eigenvalue weighted by molar-refractivity contribution is 5.92. The molecule has 0 atom stereocenters. The van der Waals surface area contributed by atoms with Crippen molar-refractivity contribution in [2.75, 3.05) is 10.6 Å². The first-order valence-corrected chi connectivity index (χ1v) is 6.86. The molecule has 1 heterocycles. The molecule has 1 aromatic heterocycles. The lowest BCUT2D eigenvalue weighted by Gasteiger charge is -2.07. The van der Waals surface area contributed by atoms with Gasteiger partial charge in [-0.05, 0) is 36.4 Å². The Morgan fingerprint density at radius 2 is 1.65 bits per heavy atom. The number of nitrogens with one attached hydrogen (secondary N) is 2. The molecule has 0 bridgehead atoms. The number of rotatable bonds is 4. The summed E-state index contributed by atoms with van der Waals surface area (Å²) in [7, 11) is 0. The molecular weight excluding hydrogens is 296 g/mol. The Bertz CT molecular complexity index is 856. The van der Waals surface area contributed by atoms with Crippen LogP contribution in [0.3, 0.4) is 0 Å². The van der Waals surface area contributed by atoms with Gasteiger partial charge in [-0.2, -0.15) is 0 Å². The van der Waals surface area contributed by atoms with Crippen molar-refractivity contribution in [1.29, 1.82) is 0 Å². The fraction of sp³-hybridized carbons (Fsp3) is 0.0667. The minimum atomic E-state index is -0.639. The van der Waals surface area contributed by atoms with Crippen LogP contribution < -0.4 is 16.4 Å². The summed E-state index contributed by atoms with van der Waals surface area (Å²) >= 11 is 0. The Hall–Kier alpha value is -3.42. The van der Waals surface area contributed by atoms with Crippen LogP contribution in [-0.4, -0.2) is 26.9 Å². The molecule has 0 aliphatic carbocycles. The van der Waals surface area contributed by atoms with Gasteiger partial charge in [0.2, 0.25) is 5.91 Å². The molecule has 0 saturated heterocycles. The quantitative estimate of drug-likeness (QED) is 0.678. The molecule has 0 aliphatic rings. The topological polar surface area (TPSA) is 115 Å². The number of benzene rings is 2. The average Bonchev–Trinajstić information content (AvgIpc) is 2.92. The number of para-hydroxylation sites is 1. The van der Waals surface area contributed by atoms with Crippen molar-refractivity contribution < 1.29 is 9.59 Å². The van der Waals surface area contributed by atoms with E-state index in [0.29, 0.717) is 11.4 Å². The molecule has 116 valence electrons. The van der Waals surface area contributed by atoms with Crippen LogP contribution in [0.2, 0.25) is 0 Å². The Balaban J connectivity index is 1.66. The van der Waals surface area contributed by atoms with Crippen LogP contribution >= 0.6 is 0 Å². The number of fused-ring (bicyclic) bond motifs is 1. The van der Waals surface area contributed by atoms with E-state index in [9.17, 15) is 9.59 Å². The second-order valence-corrected chi connectivity index (χ2v) is 4.85. The van der Waals surface area contributed by atoms with Gasteiger partial charge in [0, 0.05) is 11.4 Å². The maximum atomic E-state index is 12.1. The van der Waals surface area contributed by atoms with E-state index in [4.69, 9.17) is 5.73 Å². The number of primary amides is 1. The molecule has 4 N–H and O–H groups in total. The van der Waals surface area contributed by atoms with E-state index in [1.807, 2.05) is 24.3 Å². The van der Waals surface area contributed by atoms with Crippen molar-refractivity contribution in [2.24, 2.45) is 5.73 Å². The van der Waals surface area contributed by atoms with E-state index in [1.54, 1.807) is 24.3 Å². The number of hydrogen-bond donors (Lipinski definition) is 3. The van der Waals surface area contributed by atoms with Gasteiger partial charge in [-0.25, -0.2) is 9.48 Å². The molecule has 8 nitrogen and oxygen atoms in total. The molecule has 3 amide bonds.